The van der Waals surface area contributed by atoms with Gasteiger partial charge in [0, 0.05) is 6.20 Å². The maximum Gasteiger partial charge on any atom is 0.230 e. The smallest absolute Gasteiger partial charge is 0.230 e. The number of carbonyl (C=O) groups excluding carboxylic acids is 1. The molecule has 4 nitrogen and oxygen atoms in total. The van der Waals surface area contributed by atoms with Crippen molar-refractivity contribution in [1.82, 2.24) is 4.98 Å². The molecule has 1 aromatic rings. The lowest BCUT2D eigenvalue weighted by Gasteiger charge is -2.34. The Morgan fingerprint density at radius 2 is 2.19 bits per heavy atom. The number of ether oxygens (including phenoxy) is 1. The van der Waals surface area contributed by atoms with Crippen LogP contribution in [0.2, 0.25) is 0 Å². The highest BCUT2D eigenvalue weighted by atomic mass is 16.5. The molecule has 0 unspecified atom stereocenters. The first-order chi connectivity index (χ1) is 7.50. The first-order valence-electron chi connectivity index (χ1n) is 5.41. The van der Waals surface area contributed by atoms with E-state index in [2.05, 4.69) is 4.98 Å². The third kappa shape index (κ3) is 1.94. The number of nitrogens with zero attached hydrogens (tertiary/aromatic N) is 2. The molecular formula is C9H13B3N2O2. The van der Waals surface area contributed by atoms with E-state index >= 15 is 0 Å². The van der Waals surface area contributed by atoms with Crippen molar-refractivity contribution in [1.29, 1.82) is 0 Å². The largest absolute Gasteiger partial charge is 0.489 e. The zero-order valence-corrected chi connectivity index (χ0v) is 9.86. The van der Waals surface area contributed by atoms with Crippen LogP contribution in [-0.4, -0.2) is 46.3 Å². The zero-order chi connectivity index (χ0) is 11.8. The lowest BCUT2D eigenvalue weighted by atomic mass is 9.48. The number of anilines is 1. The summed E-state index contributed by atoms with van der Waals surface area (Å²) in [7, 11) is 5.98. The molecule has 0 fully saturated rings. The number of fused-ring (bicyclic) bond motifs is 1. The fourth-order valence-corrected chi connectivity index (χ4v) is 1.83. The summed E-state index contributed by atoms with van der Waals surface area (Å²) in [5, 5.41) is -0.284. The van der Waals surface area contributed by atoms with E-state index in [1.165, 1.54) is 0 Å². The van der Waals surface area contributed by atoms with E-state index in [1.807, 2.05) is 35.7 Å². The van der Waals surface area contributed by atoms with E-state index in [4.69, 9.17) is 4.74 Å². The SMILES string of the molecule is BC(B)(B)N1C(=O)CCOc2cccnc21. The van der Waals surface area contributed by atoms with Crippen molar-refractivity contribution < 1.29 is 9.53 Å². The first-order valence-corrected chi connectivity index (χ1v) is 5.41. The van der Waals surface area contributed by atoms with Gasteiger partial charge < -0.3 is 9.64 Å². The Balaban J connectivity index is 2.52. The van der Waals surface area contributed by atoms with Crippen LogP contribution in [-0.2, 0) is 4.79 Å². The molecule has 7 heteroatoms. The molecule has 1 aliphatic heterocycles. The van der Waals surface area contributed by atoms with Crippen molar-refractivity contribution in [3.8, 4) is 5.75 Å². The van der Waals surface area contributed by atoms with Gasteiger partial charge in [0.05, 0.1) is 13.0 Å². The van der Waals surface area contributed by atoms with Gasteiger partial charge in [-0.15, -0.1) is 0 Å². The van der Waals surface area contributed by atoms with Gasteiger partial charge in [0.25, 0.3) is 0 Å². The molecule has 0 spiro atoms. The number of hydrogen-bond acceptors (Lipinski definition) is 3. The highest BCUT2D eigenvalue weighted by molar-refractivity contribution is 6.62. The van der Waals surface area contributed by atoms with Crippen molar-refractivity contribution in [2.45, 2.75) is 11.7 Å². The molecule has 16 heavy (non-hydrogen) atoms. The predicted molar refractivity (Wildman–Crippen MR) is 70.2 cm³/mol. The Morgan fingerprint density at radius 1 is 1.44 bits per heavy atom. The quantitative estimate of drug-likeness (QED) is 0.494. The van der Waals surface area contributed by atoms with Crippen LogP contribution in [0.25, 0.3) is 0 Å². The molecule has 0 aromatic carbocycles. The van der Waals surface area contributed by atoms with Crippen LogP contribution >= 0.6 is 0 Å². The molecule has 1 aromatic heterocycles. The second-order valence-corrected chi connectivity index (χ2v) is 4.82. The number of aromatic nitrogens is 1. The average Bonchev–Trinajstić information content (AvgIpc) is 2.34. The molecule has 0 saturated carbocycles. The van der Waals surface area contributed by atoms with Crippen LogP contribution in [0.1, 0.15) is 6.42 Å². The van der Waals surface area contributed by atoms with Gasteiger partial charge in [-0.2, -0.15) is 0 Å². The van der Waals surface area contributed by atoms with Crippen molar-refractivity contribution in [3.05, 3.63) is 18.3 Å². The molecule has 80 valence electrons. The molecule has 1 aliphatic rings. The summed E-state index contributed by atoms with van der Waals surface area (Å²) >= 11 is 0. The van der Waals surface area contributed by atoms with Gasteiger partial charge in [-0.3, -0.25) is 4.79 Å². The summed E-state index contributed by atoms with van der Waals surface area (Å²) in [6, 6.07) is 3.66. The Hall–Kier alpha value is -1.39. The molecule has 1 amide bonds. The van der Waals surface area contributed by atoms with Gasteiger partial charge in [-0.25, -0.2) is 4.98 Å². The van der Waals surface area contributed by atoms with Crippen LogP contribution < -0.4 is 9.64 Å². The Morgan fingerprint density at radius 3 is 2.88 bits per heavy atom. The van der Waals surface area contributed by atoms with Gasteiger partial charge in [0.15, 0.2) is 11.6 Å². The Kier molecular flexibility index (Phi) is 2.70. The van der Waals surface area contributed by atoms with Crippen molar-refractivity contribution in [2.75, 3.05) is 11.5 Å². The summed E-state index contributed by atoms with van der Waals surface area (Å²) in [5.74, 6) is 1.37. The van der Waals surface area contributed by atoms with Crippen LogP contribution in [0.5, 0.6) is 5.75 Å². The molecule has 2 rings (SSSR count). The maximum atomic E-state index is 12.0. The first kappa shape index (κ1) is 11.1. The van der Waals surface area contributed by atoms with Gasteiger partial charge in [-0.1, -0.05) is 0 Å². The predicted octanol–water partition coefficient (Wildman–Crippen LogP) is -2.29. The fourth-order valence-electron chi connectivity index (χ4n) is 1.83. The third-order valence-corrected chi connectivity index (χ3v) is 2.46. The van der Waals surface area contributed by atoms with Crippen molar-refractivity contribution in [3.63, 3.8) is 0 Å². The fraction of sp³-hybridized carbons (Fsp3) is 0.333. The minimum Gasteiger partial charge on any atom is -0.489 e. The van der Waals surface area contributed by atoms with E-state index in [0.29, 0.717) is 24.6 Å². The van der Waals surface area contributed by atoms with E-state index in [9.17, 15) is 4.79 Å². The summed E-state index contributed by atoms with van der Waals surface area (Å²) in [6.07, 6.45) is 2.08. The number of rotatable bonds is 1. The van der Waals surface area contributed by atoms with Gasteiger partial charge in [0.2, 0.25) is 5.91 Å². The highest BCUT2D eigenvalue weighted by Gasteiger charge is 2.32. The topological polar surface area (TPSA) is 42.4 Å². The van der Waals surface area contributed by atoms with Gasteiger partial charge >= 0.3 is 0 Å². The Bertz CT molecular complexity index is 419. The van der Waals surface area contributed by atoms with E-state index in [-0.39, 0.29) is 11.1 Å². The molecule has 0 atom stereocenters. The standard InChI is InChI=1S/C9H13B3N2O2/c10-9(11,12)14-7(15)3-5-16-6-2-1-4-13-8(6)14/h1-2,4H,3,5,10-12H2. The average molecular weight is 214 g/mol. The van der Waals surface area contributed by atoms with Crippen LogP contribution in [0.15, 0.2) is 18.3 Å². The molecule has 0 saturated heterocycles. The van der Waals surface area contributed by atoms with Crippen molar-refractivity contribution >= 4 is 35.3 Å². The minimum absolute atomic E-state index is 0.0601. The second-order valence-electron chi connectivity index (χ2n) is 4.82. The van der Waals surface area contributed by atoms with Crippen molar-refractivity contribution in [2.24, 2.45) is 0 Å². The van der Waals surface area contributed by atoms with E-state index < -0.39 is 0 Å². The number of amides is 1. The minimum atomic E-state index is -0.284. The van der Waals surface area contributed by atoms with Crippen LogP contribution in [0, 0.1) is 0 Å². The molecule has 0 radical (unpaired) electrons. The normalized spacial score (nSPS) is 16.2. The zero-order valence-electron chi connectivity index (χ0n) is 9.86. The third-order valence-electron chi connectivity index (χ3n) is 2.46. The summed E-state index contributed by atoms with van der Waals surface area (Å²) < 4.78 is 5.52. The second kappa shape index (κ2) is 3.89. The summed E-state index contributed by atoms with van der Waals surface area (Å²) in [4.78, 5) is 18.0. The van der Waals surface area contributed by atoms with Crippen LogP contribution in [0.4, 0.5) is 5.82 Å². The lowest BCUT2D eigenvalue weighted by molar-refractivity contribution is -0.118. The molecular weight excluding hydrogens is 201 g/mol. The van der Waals surface area contributed by atoms with E-state index in [1.54, 1.807) is 11.1 Å². The molecule has 2 heterocycles. The molecule has 0 N–H and O–H groups in total. The maximum absolute atomic E-state index is 12.0. The number of carbonyl (C=O) groups is 1. The van der Waals surface area contributed by atoms with Crippen LogP contribution in [0.3, 0.4) is 0 Å². The summed E-state index contributed by atoms with van der Waals surface area (Å²) in [5.41, 5.74) is 0. The molecule has 0 bridgehead atoms. The number of hydrogen-bond donors (Lipinski definition) is 0. The molecule has 0 aliphatic carbocycles. The number of pyridine rings is 1. The van der Waals surface area contributed by atoms with Gasteiger partial charge in [-0.05, 0) is 17.4 Å². The monoisotopic (exact) mass is 214 g/mol. The van der Waals surface area contributed by atoms with Gasteiger partial charge in [0.1, 0.15) is 23.5 Å². The highest BCUT2D eigenvalue weighted by Crippen LogP contribution is 2.30. The lowest BCUT2D eigenvalue weighted by Crippen LogP contribution is -2.54. The Labute approximate surface area is 97.6 Å². The van der Waals surface area contributed by atoms with E-state index in [0.717, 1.165) is 0 Å². The summed E-state index contributed by atoms with van der Waals surface area (Å²) in [6.45, 7) is 0.421.